The molecule has 1 aromatic heterocycles. The van der Waals surface area contributed by atoms with E-state index in [0.717, 1.165) is 56.6 Å². The van der Waals surface area contributed by atoms with Crippen LogP contribution in [-0.2, 0) is 16.4 Å². The first kappa shape index (κ1) is 24.0. The van der Waals surface area contributed by atoms with E-state index in [1.165, 1.54) is 31.5 Å². The predicted molar refractivity (Wildman–Crippen MR) is 125 cm³/mol. The molecule has 0 saturated carbocycles. The molecule has 4 rings (SSSR count). The predicted octanol–water partition coefficient (Wildman–Crippen LogP) is 4.38. The van der Waals surface area contributed by atoms with E-state index < -0.39 is 25.9 Å². The lowest BCUT2D eigenvalue weighted by Crippen LogP contribution is -2.40. The largest absolute Gasteiger partial charge is 0.312 e. The zero-order chi connectivity index (χ0) is 22.7. The van der Waals surface area contributed by atoms with Crippen LogP contribution < -0.4 is 10.0 Å². The number of likely N-dealkylation sites (tertiary alicyclic amines) is 1. The molecule has 32 heavy (non-hydrogen) atoms. The summed E-state index contributed by atoms with van der Waals surface area (Å²) in [6, 6.07) is 3.18. The van der Waals surface area contributed by atoms with E-state index in [2.05, 4.69) is 35.9 Å². The number of hydrogen-bond acceptors (Lipinski definition) is 6. The van der Waals surface area contributed by atoms with Gasteiger partial charge in [0, 0.05) is 23.6 Å². The standard InChI is InChI=1S/C21H27BrF2N4O2S2/c22-16-10-19(32(29,30)27-21-26-11-20(24)31-21)17(23)9-14(16)5-2-1-3-8-28-12-15-6-4-7-25-18(15)13-28/h9-11,15,18,25H,1-8,12-13H2,(H,26,27)/t15-,18+/m1/s1. The van der Waals surface area contributed by atoms with E-state index in [9.17, 15) is 17.2 Å². The lowest BCUT2D eigenvalue weighted by atomic mass is 9.94. The summed E-state index contributed by atoms with van der Waals surface area (Å²) >= 11 is 3.92. The van der Waals surface area contributed by atoms with Gasteiger partial charge in [0.15, 0.2) is 10.3 Å². The number of aryl methyl sites for hydroxylation is 1. The van der Waals surface area contributed by atoms with Gasteiger partial charge in [0.25, 0.3) is 10.0 Å². The number of halogens is 3. The molecule has 0 unspecified atom stereocenters. The third-order valence-electron chi connectivity index (χ3n) is 6.18. The molecule has 6 nitrogen and oxygen atoms in total. The van der Waals surface area contributed by atoms with Gasteiger partial charge < -0.3 is 10.2 Å². The first-order valence-electron chi connectivity index (χ1n) is 10.9. The molecule has 0 radical (unpaired) electrons. The molecule has 1 aromatic carbocycles. The molecule has 3 heterocycles. The van der Waals surface area contributed by atoms with Gasteiger partial charge in [-0.2, -0.15) is 4.39 Å². The van der Waals surface area contributed by atoms with Crippen LogP contribution in [-0.4, -0.2) is 50.5 Å². The topological polar surface area (TPSA) is 74.3 Å². The Morgan fingerprint density at radius 3 is 2.84 bits per heavy atom. The first-order chi connectivity index (χ1) is 15.3. The molecule has 2 saturated heterocycles. The maximum absolute atomic E-state index is 14.6. The number of benzene rings is 1. The van der Waals surface area contributed by atoms with Gasteiger partial charge in [-0.15, -0.1) is 0 Å². The molecule has 2 atom stereocenters. The summed E-state index contributed by atoms with van der Waals surface area (Å²) in [7, 11) is -4.20. The van der Waals surface area contributed by atoms with Gasteiger partial charge in [-0.3, -0.25) is 4.72 Å². The van der Waals surface area contributed by atoms with Crippen molar-refractivity contribution in [2.45, 2.75) is 49.5 Å². The van der Waals surface area contributed by atoms with Crippen molar-refractivity contribution >= 4 is 42.4 Å². The second-order valence-corrected chi connectivity index (χ2v) is 12.0. The van der Waals surface area contributed by atoms with Crippen LogP contribution in [0.1, 0.15) is 37.7 Å². The van der Waals surface area contributed by atoms with E-state index in [0.29, 0.717) is 28.3 Å². The Morgan fingerprint density at radius 2 is 2.09 bits per heavy atom. The zero-order valence-corrected chi connectivity index (χ0v) is 20.8. The van der Waals surface area contributed by atoms with Gasteiger partial charge in [0.05, 0.1) is 6.20 Å². The van der Waals surface area contributed by atoms with Crippen LogP contribution in [0, 0.1) is 16.9 Å². The minimum atomic E-state index is -4.20. The second-order valence-electron chi connectivity index (χ2n) is 8.48. The maximum atomic E-state index is 14.6. The Kier molecular flexibility index (Phi) is 7.81. The molecule has 2 N–H and O–H groups in total. The SMILES string of the molecule is O=S(=O)(Nc1ncc(F)s1)c1cc(Br)c(CCCCCN2C[C@H]3CCCN[C@H]3C2)cc1F. The number of piperidine rings is 1. The zero-order valence-electron chi connectivity index (χ0n) is 17.6. The summed E-state index contributed by atoms with van der Waals surface area (Å²) in [5.74, 6) is -0.0403. The number of unbranched alkanes of at least 4 members (excludes halogenated alkanes) is 2. The Bertz CT molecular complexity index is 1040. The van der Waals surface area contributed by atoms with Crippen LogP contribution in [0.15, 0.2) is 27.7 Å². The highest BCUT2D eigenvalue weighted by Crippen LogP contribution is 2.29. The molecule has 0 spiro atoms. The van der Waals surface area contributed by atoms with Crippen molar-refractivity contribution in [1.29, 1.82) is 0 Å². The minimum Gasteiger partial charge on any atom is -0.312 e. The summed E-state index contributed by atoms with van der Waals surface area (Å²) in [6.07, 6.45) is 7.21. The molecular weight excluding hydrogens is 522 g/mol. The third kappa shape index (κ3) is 5.85. The number of nitrogens with one attached hydrogen (secondary N) is 2. The van der Waals surface area contributed by atoms with Gasteiger partial charge in [-0.1, -0.05) is 33.7 Å². The van der Waals surface area contributed by atoms with Crippen molar-refractivity contribution in [3.05, 3.63) is 39.3 Å². The lowest BCUT2D eigenvalue weighted by molar-refractivity contribution is 0.311. The van der Waals surface area contributed by atoms with Crippen molar-refractivity contribution in [3.8, 4) is 0 Å². The average molecular weight is 550 g/mol. The van der Waals surface area contributed by atoms with Crippen LogP contribution in [0.4, 0.5) is 13.9 Å². The van der Waals surface area contributed by atoms with Crippen LogP contribution >= 0.6 is 27.3 Å². The van der Waals surface area contributed by atoms with Gasteiger partial charge in [0.1, 0.15) is 10.7 Å². The van der Waals surface area contributed by atoms with Crippen molar-refractivity contribution in [3.63, 3.8) is 0 Å². The monoisotopic (exact) mass is 548 g/mol. The highest BCUT2D eigenvalue weighted by atomic mass is 79.9. The molecular formula is C21H27BrF2N4O2S2. The lowest BCUT2D eigenvalue weighted by Gasteiger charge is -2.24. The highest BCUT2D eigenvalue weighted by molar-refractivity contribution is 9.10. The Labute approximate surface area is 200 Å². The van der Waals surface area contributed by atoms with Crippen molar-refractivity contribution < 1.29 is 17.2 Å². The fourth-order valence-corrected chi connectivity index (χ4v) is 7.15. The average Bonchev–Trinajstić information content (AvgIpc) is 3.34. The summed E-state index contributed by atoms with van der Waals surface area (Å²) in [4.78, 5) is 5.67. The smallest absolute Gasteiger partial charge is 0.266 e. The third-order valence-corrected chi connectivity index (χ3v) is 9.11. The second kappa shape index (κ2) is 10.4. The van der Waals surface area contributed by atoms with E-state index in [1.807, 2.05) is 0 Å². The Hall–Kier alpha value is -1.14. The number of hydrogen-bond donors (Lipinski definition) is 2. The van der Waals surface area contributed by atoms with Gasteiger partial charge in [-0.25, -0.2) is 17.8 Å². The number of sulfonamides is 1. The molecule has 2 aliphatic rings. The fourth-order valence-electron chi connectivity index (χ4n) is 4.59. The number of nitrogens with zero attached hydrogens (tertiary/aromatic N) is 2. The number of fused-ring (bicyclic) bond motifs is 1. The van der Waals surface area contributed by atoms with Gasteiger partial charge in [0.2, 0.25) is 0 Å². The molecule has 176 valence electrons. The van der Waals surface area contributed by atoms with Crippen molar-refractivity contribution in [2.24, 2.45) is 5.92 Å². The van der Waals surface area contributed by atoms with E-state index >= 15 is 0 Å². The Balaban J connectivity index is 1.27. The maximum Gasteiger partial charge on any atom is 0.266 e. The fraction of sp³-hybridized carbons (Fsp3) is 0.571. The van der Waals surface area contributed by atoms with E-state index in [4.69, 9.17) is 0 Å². The van der Waals surface area contributed by atoms with Crippen LogP contribution in [0.2, 0.25) is 0 Å². The summed E-state index contributed by atoms with van der Waals surface area (Å²) < 4.78 is 55.3. The Morgan fingerprint density at radius 1 is 1.25 bits per heavy atom. The summed E-state index contributed by atoms with van der Waals surface area (Å²) in [5.41, 5.74) is 0.734. The number of aromatic nitrogens is 1. The van der Waals surface area contributed by atoms with Gasteiger partial charge in [-0.05, 0) is 68.8 Å². The van der Waals surface area contributed by atoms with Crippen molar-refractivity contribution in [2.75, 3.05) is 30.9 Å². The van der Waals surface area contributed by atoms with Crippen molar-refractivity contribution in [1.82, 2.24) is 15.2 Å². The molecule has 2 fully saturated rings. The van der Waals surface area contributed by atoms with Crippen LogP contribution in [0.5, 0.6) is 0 Å². The molecule has 0 amide bonds. The highest BCUT2D eigenvalue weighted by Gasteiger charge is 2.33. The minimum absolute atomic E-state index is 0.143. The van der Waals surface area contributed by atoms with E-state index in [1.54, 1.807) is 0 Å². The number of rotatable bonds is 9. The van der Waals surface area contributed by atoms with Gasteiger partial charge >= 0.3 is 0 Å². The molecule has 2 aliphatic heterocycles. The quantitative estimate of drug-likeness (QED) is 0.455. The number of anilines is 1. The molecule has 11 heteroatoms. The van der Waals surface area contributed by atoms with E-state index in [-0.39, 0.29) is 5.13 Å². The molecule has 0 bridgehead atoms. The first-order valence-corrected chi connectivity index (χ1v) is 14.0. The van der Waals surface area contributed by atoms with Crippen LogP contribution in [0.25, 0.3) is 0 Å². The molecule has 2 aromatic rings. The normalized spacial score (nSPS) is 21.6. The van der Waals surface area contributed by atoms with Crippen LogP contribution in [0.3, 0.4) is 0 Å². The number of thiazole rings is 1. The summed E-state index contributed by atoms with van der Waals surface area (Å²) in [5, 5.41) is 2.86. The summed E-state index contributed by atoms with van der Waals surface area (Å²) in [6.45, 7) is 4.55. The molecule has 0 aliphatic carbocycles.